The minimum absolute atomic E-state index is 0.113. The van der Waals surface area contributed by atoms with Gasteiger partial charge in [-0.05, 0) is 39.5 Å². The van der Waals surface area contributed by atoms with Gasteiger partial charge in [0.15, 0.2) is 5.79 Å². The molecule has 2 aliphatic heterocycles. The summed E-state index contributed by atoms with van der Waals surface area (Å²) in [5, 5.41) is 0. The molecule has 4 aliphatic rings. The first kappa shape index (κ1) is 9.67. The predicted molar refractivity (Wildman–Crippen MR) is 60.9 cm³/mol. The highest BCUT2D eigenvalue weighted by molar-refractivity contribution is 5.35. The Kier molecular flexibility index (Phi) is 1.55. The quantitative estimate of drug-likeness (QED) is 0.584. The maximum absolute atomic E-state index is 6.50. The SMILES string of the molecule is CC1=C[C@]23CCO[C@]4(C)CC[C@@]2(O4)[C@H]1CC3. The van der Waals surface area contributed by atoms with Crippen LogP contribution >= 0.6 is 0 Å². The number of hydrogen-bond donors (Lipinski definition) is 0. The Morgan fingerprint density at radius 3 is 2.94 bits per heavy atom. The van der Waals surface area contributed by atoms with Crippen LogP contribution in [0.5, 0.6) is 0 Å². The molecule has 88 valence electrons. The average molecular weight is 220 g/mol. The van der Waals surface area contributed by atoms with E-state index in [-0.39, 0.29) is 11.4 Å². The van der Waals surface area contributed by atoms with Gasteiger partial charge in [-0.15, -0.1) is 0 Å². The zero-order valence-electron chi connectivity index (χ0n) is 10.2. The Balaban J connectivity index is 1.88. The molecule has 0 aromatic rings. The first-order chi connectivity index (χ1) is 7.59. The number of ether oxygens (including phenoxy) is 2. The molecule has 2 heterocycles. The van der Waals surface area contributed by atoms with Crippen molar-refractivity contribution in [3.05, 3.63) is 11.6 Å². The topological polar surface area (TPSA) is 18.5 Å². The first-order valence-corrected chi connectivity index (χ1v) is 6.63. The zero-order valence-corrected chi connectivity index (χ0v) is 10.2. The second-order valence-corrected chi connectivity index (χ2v) is 6.36. The van der Waals surface area contributed by atoms with E-state index in [9.17, 15) is 0 Å². The zero-order chi connectivity index (χ0) is 11.0. The van der Waals surface area contributed by atoms with Crippen molar-refractivity contribution in [3.8, 4) is 0 Å². The Bertz CT molecular complexity index is 388. The molecule has 0 radical (unpaired) electrons. The van der Waals surface area contributed by atoms with Gasteiger partial charge in [0.1, 0.15) is 0 Å². The molecule has 0 unspecified atom stereocenters. The van der Waals surface area contributed by atoms with Gasteiger partial charge in [0.2, 0.25) is 0 Å². The van der Waals surface area contributed by atoms with Crippen molar-refractivity contribution < 1.29 is 9.47 Å². The van der Waals surface area contributed by atoms with Crippen LogP contribution in [0.15, 0.2) is 11.6 Å². The highest BCUT2D eigenvalue weighted by atomic mass is 16.7. The lowest BCUT2D eigenvalue weighted by Gasteiger charge is -2.38. The average Bonchev–Trinajstić information content (AvgIpc) is 2.74. The summed E-state index contributed by atoms with van der Waals surface area (Å²) in [6, 6.07) is 0. The van der Waals surface area contributed by atoms with Crippen LogP contribution in [0.1, 0.15) is 46.0 Å². The molecule has 2 aliphatic carbocycles. The van der Waals surface area contributed by atoms with E-state index in [4.69, 9.17) is 9.47 Å². The van der Waals surface area contributed by atoms with Gasteiger partial charge >= 0.3 is 0 Å². The lowest BCUT2D eigenvalue weighted by atomic mass is 9.72. The minimum atomic E-state index is -0.289. The van der Waals surface area contributed by atoms with Crippen molar-refractivity contribution >= 4 is 0 Å². The van der Waals surface area contributed by atoms with Gasteiger partial charge in [0, 0.05) is 17.8 Å². The highest BCUT2D eigenvalue weighted by Crippen LogP contribution is 2.69. The van der Waals surface area contributed by atoms with E-state index in [1.807, 2.05) is 0 Å². The molecule has 4 rings (SSSR count). The normalized spacial score (nSPS) is 58.4. The Morgan fingerprint density at radius 2 is 2.12 bits per heavy atom. The Morgan fingerprint density at radius 1 is 1.25 bits per heavy atom. The maximum atomic E-state index is 6.50. The number of hydrogen-bond acceptors (Lipinski definition) is 2. The van der Waals surface area contributed by atoms with Crippen LogP contribution in [0.25, 0.3) is 0 Å². The lowest BCUT2D eigenvalue weighted by molar-refractivity contribution is -0.237. The smallest absolute Gasteiger partial charge is 0.166 e. The highest BCUT2D eigenvalue weighted by Gasteiger charge is 2.69. The van der Waals surface area contributed by atoms with Crippen LogP contribution in [0.2, 0.25) is 0 Å². The van der Waals surface area contributed by atoms with Gasteiger partial charge in [0.05, 0.1) is 12.2 Å². The summed E-state index contributed by atoms with van der Waals surface area (Å²) < 4.78 is 12.4. The molecule has 1 spiro atoms. The summed E-state index contributed by atoms with van der Waals surface area (Å²) in [4.78, 5) is 0. The summed E-state index contributed by atoms with van der Waals surface area (Å²) >= 11 is 0. The second kappa shape index (κ2) is 2.56. The van der Waals surface area contributed by atoms with Crippen molar-refractivity contribution in [2.45, 2.75) is 57.3 Å². The monoisotopic (exact) mass is 220 g/mol. The van der Waals surface area contributed by atoms with Crippen molar-refractivity contribution in [1.82, 2.24) is 0 Å². The van der Waals surface area contributed by atoms with Crippen LogP contribution in [0.4, 0.5) is 0 Å². The second-order valence-electron chi connectivity index (χ2n) is 6.36. The summed E-state index contributed by atoms with van der Waals surface area (Å²) in [7, 11) is 0. The molecule has 1 saturated carbocycles. The van der Waals surface area contributed by atoms with Crippen molar-refractivity contribution in [2.24, 2.45) is 11.3 Å². The lowest BCUT2D eigenvalue weighted by Crippen LogP contribution is -2.44. The fourth-order valence-corrected chi connectivity index (χ4v) is 4.98. The molecule has 0 aromatic heterocycles. The van der Waals surface area contributed by atoms with Gasteiger partial charge in [-0.2, -0.15) is 0 Å². The number of rotatable bonds is 0. The molecule has 4 atom stereocenters. The Labute approximate surface area is 97.0 Å². The van der Waals surface area contributed by atoms with Crippen molar-refractivity contribution in [3.63, 3.8) is 0 Å². The van der Waals surface area contributed by atoms with E-state index in [0.717, 1.165) is 19.4 Å². The third kappa shape index (κ3) is 0.853. The molecular weight excluding hydrogens is 200 g/mol. The Hall–Kier alpha value is -0.340. The van der Waals surface area contributed by atoms with Gasteiger partial charge in [-0.25, -0.2) is 0 Å². The van der Waals surface area contributed by atoms with Gasteiger partial charge in [-0.1, -0.05) is 11.6 Å². The maximum Gasteiger partial charge on any atom is 0.166 e. The fraction of sp³-hybridized carbons (Fsp3) is 0.857. The molecule has 2 saturated heterocycles. The molecule has 0 N–H and O–H groups in total. The standard InChI is InChI=1S/C14H20O2/c1-10-9-13-4-3-11(10)14(13)6-5-12(2,16-14)15-8-7-13/h9,11H,3-8H2,1-2H3/t11-,12-,13-,14+/m0/s1. The van der Waals surface area contributed by atoms with E-state index in [0.29, 0.717) is 11.3 Å². The minimum Gasteiger partial charge on any atom is -0.350 e. The third-order valence-electron chi connectivity index (χ3n) is 5.64. The van der Waals surface area contributed by atoms with Gasteiger partial charge in [0.25, 0.3) is 0 Å². The molecule has 0 amide bonds. The van der Waals surface area contributed by atoms with E-state index < -0.39 is 0 Å². The van der Waals surface area contributed by atoms with Gasteiger partial charge in [-0.3, -0.25) is 0 Å². The van der Waals surface area contributed by atoms with Crippen molar-refractivity contribution in [1.29, 1.82) is 0 Å². The van der Waals surface area contributed by atoms with Crippen LogP contribution in [0, 0.1) is 11.3 Å². The predicted octanol–water partition coefficient (Wildman–Crippen LogP) is 3.03. The van der Waals surface area contributed by atoms with Crippen molar-refractivity contribution in [2.75, 3.05) is 6.61 Å². The van der Waals surface area contributed by atoms with Gasteiger partial charge < -0.3 is 9.47 Å². The first-order valence-electron chi connectivity index (χ1n) is 6.63. The van der Waals surface area contributed by atoms with Crippen LogP contribution in [0.3, 0.4) is 0 Å². The van der Waals surface area contributed by atoms with E-state index in [1.165, 1.54) is 19.3 Å². The summed E-state index contributed by atoms with van der Waals surface area (Å²) in [5.74, 6) is 0.388. The summed E-state index contributed by atoms with van der Waals surface area (Å²) in [6.07, 6.45) is 8.61. The molecule has 0 aromatic carbocycles. The molecule has 16 heavy (non-hydrogen) atoms. The molecule has 2 nitrogen and oxygen atoms in total. The van der Waals surface area contributed by atoms with E-state index in [2.05, 4.69) is 19.9 Å². The van der Waals surface area contributed by atoms with E-state index in [1.54, 1.807) is 5.57 Å². The largest absolute Gasteiger partial charge is 0.350 e. The van der Waals surface area contributed by atoms with Crippen LogP contribution < -0.4 is 0 Å². The third-order valence-corrected chi connectivity index (χ3v) is 5.64. The summed E-state index contributed by atoms with van der Waals surface area (Å²) in [5.41, 5.74) is 2.01. The molecular formula is C14H20O2. The summed E-state index contributed by atoms with van der Waals surface area (Å²) in [6.45, 7) is 5.30. The van der Waals surface area contributed by atoms with Crippen LogP contribution in [-0.2, 0) is 9.47 Å². The number of fused-ring (bicyclic) bond motifs is 1. The molecule has 4 bridgehead atoms. The van der Waals surface area contributed by atoms with Crippen LogP contribution in [-0.4, -0.2) is 18.0 Å². The molecule has 3 fully saturated rings. The fourth-order valence-electron chi connectivity index (χ4n) is 4.98. The van der Waals surface area contributed by atoms with E-state index >= 15 is 0 Å². The molecule has 2 heteroatoms.